The van der Waals surface area contributed by atoms with Gasteiger partial charge >= 0.3 is 12.2 Å². The van der Waals surface area contributed by atoms with Crippen LogP contribution in [0.25, 0.3) is 27.8 Å². The number of imidazole rings is 1. The number of carbonyl (C=O) groups is 3. The molecule has 6 rings (SSSR count). The first kappa shape index (κ1) is 32.3. The van der Waals surface area contributed by atoms with Gasteiger partial charge in [-0.2, -0.15) is 0 Å². The number of pyridine rings is 2. The number of amides is 2. The average molecular weight is 647 g/mol. The predicted molar refractivity (Wildman–Crippen MR) is 182 cm³/mol. The van der Waals surface area contributed by atoms with Gasteiger partial charge in [-0.25, -0.2) is 24.1 Å². The zero-order valence-electron chi connectivity index (χ0n) is 28.0. The Labute approximate surface area is 279 Å². The van der Waals surface area contributed by atoms with Gasteiger partial charge in [0.1, 0.15) is 22.5 Å². The summed E-state index contributed by atoms with van der Waals surface area (Å²) in [5, 5.41) is 0.741. The van der Waals surface area contributed by atoms with Crippen LogP contribution in [0.4, 0.5) is 9.59 Å². The molecule has 5 aromatic rings. The molecule has 11 nitrogen and oxygen atoms in total. The third-order valence-corrected chi connectivity index (χ3v) is 7.69. The summed E-state index contributed by atoms with van der Waals surface area (Å²) >= 11 is 0. The summed E-state index contributed by atoms with van der Waals surface area (Å²) in [6, 6.07) is 15.0. The first-order chi connectivity index (χ1) is 22.8. The van der Waals surface area contributed by atoms with E-state index in [0.717, 1.165) is 27.7 Å². The summed E-state index contributed by atoms with van der Waals surface area (Å²) in [4.78, 5) is 50.6. The van der Waals surface area contributed by atoms with Crippen LogP contribution in [0.15, 0.2) is 73.3 Å². The molecule has 246 valence electrons. The SMILES string of the molecule is CC(C)(C)OC(=O)N1CCN(C(=O)c2ccc(-c3ccc4ncc(C#Cc5ccnc6c5ccn6C(=O)OC(C)(C)C)n4c3)cc2)CC1. The number of fused-ring (bicyclic) bond motifs is 2. The highest BCUT2D eigenvalue weighted by atomic mass is 16.6. The van der Waals surface area contributed by atoms with E-state index >= 15 is 0 Å². The maximum atomic E-state index is 13.2. The molecule has 48 heavy (non-hydrogen) atoms. The lowest BCUT2D eigenvalue weighted by atomic mass is 10.0. The summed E-state index contributed by atoms with van der Waals surface area (Å²) in [7, 11) is 0. The standard InChI is InChI=1S/C37H38N6O5/c1-36(2,3)47-34(45)41-21-19-40(20-22-41)33(44)27-9-7-25(8-10-27)28-12-14-31-39-23-29(43(31)24-28)13-11-26-15-17-38-32-30(26)16-18-42(32)35(46)48-37(4,5)6/h7-10,12,14-18,23-24H,19-22H2,1-6H3. The van der Waals surface area contributed by atoms with E-state index in [1.165, 1.54) is 4.57 Å². The Bertz CT molecular complexity index is 2080. The smallest absolute Gasteiger partial charge is 0.420 e. The van der Waals surface area contributed by atoms with Crippen LogP contribution in [-0.4, -0.2) is 84.2 Å². The quantitative estimate of drug-likeness (QED) is 0.209. The number of aromatic nitrogens is 4. The Hall–Kier alpha value is -5.63. The molecule has 0 unspecified atom stereocenters. The van der Waals surface area contributed by atoms with Crippen molar-refractivity contribution < 1.29 is 23.9 Å². The average Bonchev–Trinajstić information content (AvgIpc) is 3.66. The van der Waals surface area contributed by atoms with Gasteiger partial charge in [-0.3, -0.25) is 9.20 Å². The van der Waals surface area contributed by atoms with Crippen LogP contribution in [0.2, 0.25) is 0 Å². The normalized spacial score (nSPS) is 13.7. The van der Waals surface area contributed by atoms with Gasteiger partial charge in [-0.05, 0) is 95.0 Å². The van der Waals surface area contributed by atoms with Gasteiger partial charge in [0.15, 0.2) is 5.65 Å². The minimum Gasteiger partial charge on any atom is -0.444 e. The molecule has 0 aliphatic carbocycles. The fourth-order valence-corrected chi connectivity index (χ4v) is 5.39. The van der Waals surface area contributed by atoms with Gasteiger partial charge in [0.2, 0.25) is 0 Å². The van der Waals surface area contributed by atoms with Gasteiger partial charge in [0.05, 0.1) is 6.20 Å². The van der Waals surface area contributed by atoms with Gasteiger partial charge < -0.3 is 19.3 Å². The summed E-state index contributed by atoms with van der Waals surface area (Å²) in [5.74, 6) is 6.38. The molecule has 0 atom stereocenters. The van der Waals surface area contributed by atoms with Crippen LogP contribution in [0.5, 0.6) is 0 Å². The van der Waals surface area contributed by atoms with Crippen LogP contribution >= 0.6 is 0 Å². The van der Waals surface area contributed by atoms with Crippen molar-refractivity contribution in [2.75, 3.05) is 26.2 Å². The largest absolute Gasteiger partial charge is 0.444 e. The molecule has 0 N–H and O–H groups in total. The number of rotatable bonds is 2. The molecular weight excluding hydrogens is 608 g/mol. The Morgan fingerprint density at radius 1 is 0.729 bits per heavy atom. The van der Waals surface area contributed by atoms with Crippen molar-refractivity contribution in [2.24, 2.45) is 0 Å². The Kier molecular flexibility index (Phi) is 8.43. The van der Waals surface area contributed by atoms with Crippen molar-refractivity contribution >= 4 is 34.8 Å². The van der Waals surface area contributed by atoms with E-state index in [1.807, 2.05) is 94.6 Å². The van der Waals surface area contributed by atoms with Crippen LogP contribution in [0, 0.1) is 11.8 Å². The molecule has 1 aromatic carbocycles. The number of carbonyl (C=O) groups excluding carboxylic acids is 3. The number of benzene rings is 1. The molecule has 1 aliphatic rings. The summed E-state index contributed by atoms with van der Waals surface area (Å²) in [5.41, 5.74) is 3.91. The van der Waals surface area contributed by atoms with E-state index in [1.54, 1.807) is 34.5 Å². The van der Waals surface area contributed by atoms with Crippen molar-refractivity contribution in [1.29, 1.82) is 0 Å². The first-order valence-corrected chi connectivity index (χ1v) is 15.8. The fourth-order valence-electron chi connectivity index (χ4n) is 5.39. The highest BCUT2D eigenvalue weighted by Crippen LogP contribution is 2.23. The van der Waals surface area contributed by atoms with E-state index in [2.05, 4.69) is 21.8 Å². The highest BCUT2D eigenvalue weighted by molar-refractivity contribution is 5.95. The molecule has 1 aliphatic heterocycles. The lowest BCUT2D eigenvalue weighted by molar-refractivity contribution is 0.0140. The minimum absolute atomic E-state index is 0.0698. The molecule has 5 heterocycles. The molecule has 2 amide bonds. The van der Waals surface area contributed by atoms with Crippen LogP contribution in [-0.2, 0) is 9.47 Å². The zero-order chi connectivity index (χ0) is 34.2. The van der Waals surface area contributed by atoms with Crippen molar-refractivity contribution in [3.63, 3.8) is 0 Å². The monoisotopic (exact) mass is 646 g/mol. The van der Waals surface area contributed by atoms with Gasteiger partial charge in [0, 0.05) is 61.3 Å². The Morgan fingerprint density at radius 3 is 2.06 bits per heavy atom. The maximum Gasteiger partial charge on any atom is 0.420 e. The van der Waals surface area contributed by atoms with E-state index in [0.29, 0.717) is 43.1 Å². The summed E-state index contributed by atoms with van der Waals surface area (Å²) in [6.07, 6.45) is 6.11. The highest BCUT2D eigenvalue weighted by Gasteiger charge is 2.28. The molecule has 0 bridgehead atoms. The van der Waals surface area contributed by atoms with E-state index in [4.69, 9.17) is 9.47 Å². The van der Waals surface area contributed by atoms with Gasteiger partial charge in [0.25, 0.3) is 5.91 Å². The summed E-state index contributed by atoms with van der Waals surface area (Å²) < 4.78 is 14.3. The minimum atomic E-state index is -0.631. The van der Waals surface area contributed by atoms with Gasteiger partial charge in [-0.1, -0.05) is 18.1 Å². The third-order valence-electron chi connectivity index (χ3n) is 7.69. The van der Waals surface area contributed by atoms with Gasteiger partial charge in [-0.15, -0.1) is 0 Å². The molecular formula is C37H38N6O5. The van der Waals surface area contributed by atoms with Crippen molar-refractivity contribution in [3.05, 3.63) is 90.1 Å². The molecule has 0 spiro atoms. The molecule has 0 saturated carbocycles. The second-order valence-electron chi connectivity index (χ2n) is 13.6. The van der Waals surface area contributed by atoms with Crippen LogP contribution in [0.1, 0.15) is 63.2 Å². The molecule has 11 heteroatoms. The van der Waals surface area contributed by atoms with Crippen molar-refractivity contribution in [1.82, 2.24) is 28.7 Å². The topological polar surface area (TPSA) is 111 Å². The fraction of sp³-hybridized carbons (Fsp3) is 0.324. The van der Waals surface area contributed by atoms with Crippen molar-refractivity contribution in [3.8, 4) is 23.0 Å². The molecule has 1 fully saturated rings. The van der Waals surface area contributed by atoms with E-state index in [9.17, 15) is 14.4 Å². The lowest BCUT2D eigenvalue weighted by Crippen LogP contribution is -2.51. The van der Waals surface area contributed by atoms with Crippen LogP contribution in [0.3, 0.4) is 0 Å². The lowest BCUT2D eigenvalue weighted by Gasteiger charge is -2.35. The zero-order valence-corrected chi connectivity index (χ0v) is 28.0. The first-order valence-electron chi connectivity index (χ1n) is 15.8. The number of nitrogens with zero attached hydrogens (tertiary/aromatic N) is 6. The number of ether oxygens (including phenoxy) is 2. The maximum absolute atomic E-state index is 13.2. The third kappa shape index (κ3) is 7.03. The van der Waals surface area contributed by atoms with E-state index in [-0.39, 0.29) is 12.0 Å². The molecule has 4 aromatic heterocycles. The second kappa shape index (κ2) is 12.5. The van der Waals surface area contributed by atoms with Crippen molar-refractivity contribution in [2.45, 2.75) is 52.7 Å². The number of piperazine rings is 1. The number of hydrogen-bond acceptors (Lipinski definition) is 7. The number of hydrogen-bond donors (Lipinski definition) is 0. The Morgan fingerprint density at radius 2 is 1.38 bits per heavy atom. The second-order valence-corrected chi connectivity index (χ2v) is 13.6. The molecule has 0 radical (unpaired) electrons. The Balaban J connectivity index is 1.17. The van der Waals surface area contributed by atoms with E-state index < -0.39 is 17.3 Å². The summed E-state index contributed by atoms with van der Waals surface area (Å²) in [6.45, 7) is 12.7. The predicted octanol–water partition coefficient (Wildman–Crippen LogP) is 6.23. The molecule has 1 saturated heterocycles. The van der Waals surface area contributed by atoms with Crippen LogP contribution < -0.4 is 0 Å².